The molecule has 5 heteroatoms. The summed E-state index contributed by atoms with van der Waals surface area (Å²) >= 11 is 5.83. The molecule has 2 aromatic carbocycles. The molecule has 1 N–H and O–H groups in total. The van der Waals surface area contributed by atoms with Crippen molar-refractivity contribution in [2.24, 2.45) is 5.41 Å². The number of aliphatic carboxylic acids is 1. The van der Waals surface area contributed by atoms with Crippen molar-refractivity contribution in [2.75, 3.05) is 0 Å². The summed E-state index contributed by atoms with van der Waals surface area (Å²) in [6, 6.07) is 17.7. The minimum Gasteiger partial charge on any atom is -0.481 e. The van der Waals surface area contributed by atoms with Crippen LogP contribution in [0.3, 0.4) is 0 Å². The van der Waals surface area contributed by atoms with E-state index in [-0.39, 0.29) is 11.8 Å². The van der Waals surface area contributed by atoms with Gasteiger partial charge < -0.3 is 5.11 Å². The Balaban J connectivity index is 1.66. The third kappa shape index (κ3) is 2.67. The summed E-state index contributed by atoms with van der Waals surface area (Å²) in [6.45, 7) is 1.83. The molecule has 130 valence electrons. The first-order chi connectivity index (χ1) is 12.5. The molecule has 1 aliphatic carbocycles. The van der Waals surface area contributed by atoms with E-state index in [9.17, 15) is 9.90 Å². The number of benzene rings is 2. The lowest BCUT2D eigenvalue weighted by molar-refractivity contribution is -0.143. The summed E-state index contributed by atoms with van der Waals surface area (Å²) in [5, 5.41) is 10.3. The van der Waals surface area contributed by atoms with E-state index in [1.54, 1.807) is 12.4 Å². The van der Waals surface area contributed by atoms with Gasteiger partial charge in [-0.05, 0) is 18.1 Å². The van der Waals surface area contributed by atoms with E-state index in [2.05, 4.69) is 9.97 Å². The lowest BCUT2D eigenvalue weighted by atomic mass is 10.00. The fourth-order valence-corrected chi connectivity index (χ4v) is 3.92. The Morgan fingerprint density at radius 3 is 2.04 bits per heavy atom. The largest absolute Gasteiger partial charge is 0.481 e. The van der Waals surface area contributed by atoms with Crippen LogP contribution in [0, 0.1) is 5.41 Å². The highest BCUT2D eigenvalue weighted by molar-refractivity contribution is 6.30. The Kier molecular flexibility index (Phi) is 4.00. The first-order valence-corrected chi connectivity index (χ1v) is 8.76. The molecule has 0 saturated heterocycles. The van der Waals surface area contributed by atoms with Crippen LogP contribution < -0.4 is 0 Å². The molecule has 0 amide bonds. The smallest absolute Gasteiger partial charge is 0.310 e. The highest BCUT2D eigenvalue weighted by Crippen LogP contribution is 2.70. The summed E-state index contributed by atoms with van der Waals surface area (Å²) in [6.07, 6.45) is 3.12. The minimum atomic E-state index is -0.792. The molecule has 0 aliphatic heterocycles. The van der Waals surface area contributed by atoms with Gasteiger partial charge in [0.15, 0.2) is 5.82 Å². The average molecular weight is 365 g/mol. The number of rotatable bonds is 4. The average Bonchev–Trinajstić information content (AvgIpc) is 3.31. The summed E-state index contributed by atoms with van der Waals surface area (Å²) < 4.78 is 0. The van der Waals surface area contributed by atoms with Crippen LogP contribution in [0.4, 0.5) is 0 Å². The lowest BCUT2D eigenvalue weighted by Gasteiger charge is -2.06. The quantitative estimate of drug-likeness (QED) is 0.724. The normalized spacial score (nSPS) is 24.2. The first kappa shape index (κ1) is 16.7. The fraction of sp³-hybridized carbons (Fsp3) is 0.190. The van der Waals surface area contributed by atoms with E-state index in [1.165, 1.54) is 0 Å². The monoisotopic (exact) mass is 364 g/mol. The van der Waals surface area contributed by atoms with Gasteiger partial charge in [0.1, 0.15) is 0 Å². The lowest BCUT2D eigenvalue weighted by Crippen LogP contribution is -2.14. The van der Waals surface area contributed by atoms with E-state index >= 15 is 0 Å². The number of halogens is 1. The molecule has 3 aromatic rings. The molecule has 0 unspecified atom stereocenters. The van der Waals surface area contributed by atoms with Crippen LogP contribution in [-0.4, -0.2) is 21.0 Å². The zero-order valence-corrected chi connectivity index (χ0v) is 14.9. The number of carboxylic acid groups (broad SMARTS) is 1. The third-order valence-electron chi connectivity index (χ3n) is 5.28. The maximum atomic E-state index is 11.9. The van der Waals surface area contributed by atoms with Crippen molar-refractivity contribution < 1.29 is 9.90 Å². The van der Waals surface area contributed by atoms with Crippen molar-refractivity contribution in [1.29, 1.82) is 0 Å². The van der Waals surface area contributed by atoms with E-state index in [1.807, 2.05) is 61.5 Å². The van der Waals surface area contributed by atoms with Crippen molar-refractivity contribution in [2.45, 2.75) is 18.8 Å². The molecule has 26 heavy (non-hydrogen) atoms. The van der Waals surface area contributed by atoms with Crippen molar-refractivity contribution in [3.63, 3.8) is 0 Å². The first-order valence-electron chi connectivity index (χ1n) is 8.38. The van der Waals surface area contributed by atoms with Gasteiger partial charge in [-0.1, -0.05) is 66.2 Å². The van der Waals surface area contributed by atoms with Gasteiger partial charge in [0.05, 0.1) is 10.4 Å². The van der Waals surface area contributed by atoms with Crippen LogP contribution in [0.5, 0.6) is 0 Å². The minimum absolute atomic E-state index is 0.0289. The van der Waals surface area contributed by atoms with Gasteiger partial charge in [-0.25, -0.2) is 9.97 Å². The van der Waals surface area contributed by atoms with E-state index < -0.39 is 11.4 Å². The molecule has 1 aliphatic rings. The number of carbonyl (C=O) groups is 1. The Bertz CT molecular complexity index is 942. The van der Waals surface area contributed by atoms with Crippen LogP contribution in [0.1, 0.15) is 29.9 Å². The summed E-state index contributed by atoms with van der Waals surface area (Å²) in [5.41, 5.74) is 2.16. The number of hydrogen-bond acceptors (Lipinski definition) is 3. The van der Waals surface area contributed by atoms with Crippen molar-refractivity contribution >= 4 is 17.6 Å². The highest BCUT2D eigenvalue weighted by atomic mass is 35.5. The SMILES string of the molecule is C[C@@]1(C(=O)O)[C@@H](c2ccccc2)[C@@H]1c1ccc(-c2ncc(Cl)cn2)cc1. The Hall–Kier alpha value is -2.72. The van der Waals surface area contributed by atoms with E-state index in [4.69, 9.17) is 11.6 Å². The van der Waals surface area contributed by atoms with Gasteiger partial charge in [-0.2, -0.15) is 0 Å². The van der Waals surface area contributed by atoms with Crippen molar-refractivity contribution in [3.8, 4) is 11.4 Å². The molecule has 1 fully saturated rings. The van der Waals surface area contributed by atoms with Gasteiger partial charge in [0.25, 0.3) is 0 Å². The van der Waals surface area contributed by atoms with E-state index in [0.29, 0.717) is 10.8 Å². The number of hydrogen-bond donors (Lipinski definition) is 1. The second-order valence-electron chi connectivity index (χ2n) is 6.80. The summed E-state index contributed by atoms with van der Waals surface area (Å²) in [4.78, 5) is 20.4. The number of carboxylic acids is 1. The standard InChI is InChI=1S/C21H17ClN2O2/c1-21(20(25)26)17(13-5-3-2-4-6-13)18(21)14-7-9-15(10-8-14)19-23-11-16(22)12-24-19/h2-12,17-18H,1H3,(H,25,26)/t17-,18-,21+/m0/s1. The summed E-state index contributed by atoms with van der Waals surface area (Å²) in [5.74, 6) is -0.250. The zero-order chi connectivity index (χ0) is 18.3. The molecule has 1 heterocycles. The van der Waals surface area contributed by atoms with Gasteiger partial charge in [0, 0.05) is 29.8 Å². The maximum absolute atomic E-state index is 11.9. The Morgan fingerprint density at radius 2 is 1.50 bits per heavy atom. The predicted molar refractivity (Wildman–Crippen MR) is 100 cm³/mol. The fourth-order valence-electron chi connectivity index (χ4n) is 3.82. The van der Waals surface area contributed by atoms with Crippen molar-refractivity contribution in [3.05, 3.63) is 83.1 Å². The molecule has 3 atom stereocenters. The number of nitrogens with zero attached hydrogens (tertiary/aromatic N) is 2. The predicted octanol–water partition coefficient (Wildman–Crippen LogP) is 4.77. The molecule has 4 nitrogen and oxygen atoms in total. The van der Waals surface area contributed by atoms with Crippen LogP contribution in [0.2, 0.25) is 5.02 Å². The molecule has 0 spiro atoms. The topological polar surface area (TPSA) is 63.1 Å². The van der Waals surface area contributed by atoms with Crippen LogP contribution in [0.25, 0.3) is 11.4 Å². The molecule has 0 bridgehead atoms. The Morgan fingerprint density at radius 1 is 0.962 bits per heavy atom. The van der Waals surface area contributed by atoms with Crippen molar-refractivity contribution in [1.82, 2.24) is 9.97 Å². The molecular formula is C21H17ClN2O2. The van der Waals surface area contributed by atoms with Crippen LogP contribution >= 0.6 is 11.6 Å². The van der Waals surface area contributed by atoms with Gasteiger partial charge in [-0.15, -0.1) is 0 Å². The van der Waals surface area contributed by atoms with Gasteiger partial charge in [0.2, 0.25) is 0 Å². The zero-order valence-electron chi connectivity index (χ0n) is 14.1. The second-order valence-corrected chi connectivity index (χ2v) is 7.24. The van der Waals surface area contributed by atoms with Crippen LogP contribution in [0.15, 0.2) is 67.0 Å². The second kappa shape index (κ2) is 6.22. The number of aromatic nitrogens is 2. The van der Waals surface area contributed by atoms with E-state index in [0.717, 1.165) is 16.7 Å². The maximum Gasteiger partial charge on any atom is 0.310 e. The molecule has 1 aromatic heterocycles. The molecule has 1 saturated carbocycles. The highest BCUT2D eigenvalue weighted by Gasteiger charge is 2.67. The van der Waals surface area contributed by atoms with Gasteiger partial charge >= 0.3 is 5.97 Å². The summed E-state index contributed by atoms with van der Waals surface area (Å²) in [7, 11) is 0. The van der Waals surface area contributed by atoms with Crippen LogP contribution in [-0.2, 0) is 4.79 Å². The molecule has 4 rings (SSSR count). The third-order valence-corrected chi connectivity index (χ3v) is 5.48. The van der Waals surface area contributed by atoms with Gasteiger partial charge in [-0.3, -0.25) is 4.79 Å². The Labute approximate surface area is 156 Å². The molecule has 0 radical (unpaired) electrons. The molecular weight excluding hydrogens is 348 g/mol.